The lowest BCUT2D eigenvalue weighted by molar-refractivity contribution is 0.416. The van der Waals surface area contributed by atoms with Crippen LogP contribution in [0.25, 0.3) is 22.2 Å². The second kappa shape index (κ2) is 6.77. The van der Waals surface area contributed by atoms with Gasteiger partial charge in [0.25, 0.3) is 0 Å². The molecule has 4 rings (SSSR count). The number of aromatic nitrogens is 3. The first kappa shape index (κ1) is 15.4. The zero-order valence-electron chi connectivity index (χ0n) is 14.1. The first-order chi connectivity index (χ1) is 12.3. The fourth-order valence-corrected chi connectivity index (χ4v) is 3.11. The average molecular weight is 329 g/mol. The van der Waals surface area contributed by atoms with Crippen LogP contribution in [0, 0.1) is 0 Å². The number of para-hydroxylation sites is 1. The van der Waals surface area contributed by atoms with E-state index in [1.54, 1.807) is 13.3 Å². The van der Waals surface area contributed by atoms with Crippen molar-refractivity contribution in [3.63, 3.8) is 0 Å². The summed E-state index contributed by atoms with van der Waals surface area (Å²) in [6.45, 7) is 0. The van der Waals surface area contributed by atoms with Crippen LogP contribution >= 0.6 is 0 Å². The van der Waals surface area contributed by atoms with Crippen molar-refractivity contribution < 1.29 is 4.74 Å². The van der Waals surface area contributed by atoms with Gasteiger partial charge in [-0.1, -0.05) is 24.3 Å². The van der Waals surface area contributed by atoms with Gasteiger partial charge in [-0.05, 0) is 42.2 Å². The number of methoxy groups -OCH3 is 1. The second-order valence-corrected chi connectivity index (χ2v) is 6.00. The van der Waals surface area contributed by atoms with Gasteiger partial charge in [0.1, 0.15) is 11.4 Å². The molecule has 0 saturated heterocycles. The van der Waals surface area contributed by atoms with Crippen LogP contribution in [-0.4, -0.2) is 22.1 Å². The Balaban J connectivity index is 1.68. The molecule has 0 bridgehead atoms. The number of hydrogen-bond acceptors (Lipinski definition) is 3. The average Bonchev–Trinajstić information content (AvgIpc) is 3.10. The Bertz CT molecular complexity index is 992. The van der Waals surface area contributed by atoms with Gasteiger partial charge in [0.2, 0.25) is 0 Å². The third-order valence-corrected chi connectivity index (χ3v) is 4.41. The van der Waals surface area contributed by atoms with Crippen molar-refractivity contribution in [1.29, 1.82) is 0 Å². The van der Waals surface area contributed by atoms with Crippen molar-refractivity contribution in [2.75, 3.05) is 7.11 Å². The Morgan fingerprint density at radius 2 is 1.84 bits per heavy atom. The normalized spacial score (nSPS) is 10.9. The summed E-state index contributed by atoms with van der Waals surface area (Å²) in [7, 11) is 1.70. The highest BCUT2D eigenvalue weighted by molar-refractivity contribution is 5.95. The van der Waals surface area contributed by atoms with Gasteiger partial charge in [-0.3, -0.25) is 4.98 Å². The van der Waals surface area contributed by atoms with Gasteiger partial charge in [0, 0.05) is 41.3 Å². The maximum Gasteiger partial charge on any atom is 0.137 e. The summed E-state index contributed by atoms with van der Waals surface area (Å²) >= 11 is 0. The van der Waals surface area contributed by atoms with E-state index in [-0.39, 0.29) is 0 Å². The molecular formula is C21H19N3O. The van der Waals surface area contributed by atoms with Crippen LogP contribution in [0.15, 0.2) is 67.3 Å². The molecule has 25 heavy (non-hydrogen) atoms. The molecule has 0 amide bonds. The minimum Gasteiger partial charge on any atom is -0.496 e. The molecule has 0 saturated carbocycles. The number of benzene rings is 1. The van der Waals surface area contributed by atoms with Crippen molar-refractivity contribution in [3.05, 3.63) is 78.4 Å². The number of nitrogens with one attached hydrogen (secondary N) is 1. The van der Waals surface area contributed by atoms with Gasteiger partial charge >= 0.3 is 0 Å². The zero-order chi connectivity index (χ0) is 17.1. The lowest BCUT2D eigenvalue weighted by Gasteiger charge is -2.07. The highest BCUT2D eigenvalue weighted by Gasteiger charge is 2.12. The lowest BCUT2D eigenvalue weighted by atomic mass is 10.0. The summed E-state index contributed by atoms with van der Waals surface area (Å²) in [5.74, 6) is 0.865. The molecule has 124 valence electrons. The molecule has 0 fully saturated rings. The highest BCUT2D eigenvalue weighted by Crippen LogP contribution is 2.34. The number of aromatic amines is 1. The van der Waals surface area contributed by atoms with Gasteiger partial charge in [-0.15, -0.1) is 0 Å². The van der Waals surface area contributed by atoms with Gasteiger partial charge in [-0.25, -0.2) is 4.98 Å². The Hall–Kier alpha value is -3.14. The molecule has 4 heteroatoms. The summed E-state index contributed by atoms with van der Waals surface area (Å²) in [4.78, 5) is 12.0. The minimum absolute atomic E-state index is 0.865. The summed E-state index contributed by atoms with van der Waals surface area (Å²) in [6.07, 6.45) is 9.56. The molecule has 0 spiro atoms. The van der Waals surface area contributed by atoms with Crippen molar-refractivity contribution in [2.24, 2.45) is 0 Å². The number of aryl methyl sites for hydroxylation is 2. The van der Waals surface area contributed by atoms with E-state index in [0.29, 0.717) is 0 Å². The molecule has 0 atom stereocenters. The van der Waals surface area contributed by atoms with E-state index in [1.165, 1.54) is 11.1 Å². The number of nitrogens with zero attached hydrogens (tertiary/aromatic N) is 2. The number of H-pyrrole nitrogens is 1. The quantitative estimate of drug-likeness (QED) is 0.590. The Labute approximate surface area is 146 Å². The summed E-state index contributed by atoms with van der Waals surface area (Å²) in [5, 5.41) is 1.12. The first-order valence-corrected chi connectivity index (χ1v) is 8.33. The molecule has 0 aliphatic carbocycles. The summed E-state index contributed by atoms with van der Waals surface area (Å²) in [6, 6.07) is 14.4. The lowest BCUT2D eigenvalue weighted by Crippen LogP contribution is -1.93. The molecule has 0 unspecified atom stereocenters. The van der Waals surface area contributed by atoms with Crippen LogP contribution in [0.4, 0.5) is 0 Å². The molecule has 3 aromatic heterocycles. The van der Waals surface area contributed by atoms with Crippen LogP contribution < -0.4 is 4.74 Å². The topological polar surface area (TPSA) is 50.8 Å². The van der Waals surface area contributed by atoms with Crippen molar-refractivity contribution >= 4 is 11.0 Å². The minimum atomic E-state index is 0.865. The molecule has 0 radical (unpaired) electrons. The van der Waals surface area contributed by atoms with Crippen molar-refractivity contribution in [1.82, 2.24) is 15.0 Å². The molecule has 4 aromatic rings. The number of rotatable bonds is 5. The van der Waals surface area contributed by atoms with E-state index in [9.17, 15) is 0 Å². The van der Waals surface area contributed by atoms with Crippen LogP contribution in [0.3, 0.4) is 0 Å². The molecule has 0 aliphatic heterocycles. The monoisotopic (exact) mass is 329 g/mol. The third-order valence-electron chi connectivity index (χ3n) is 4.41. The van der Waals surface area contributed by atoms with Crippen LogP contribution in [0.1, 0.15) is 11.1 Å². The van der Waals surface area contributed by atoms with E-state index >= 15 is 0 Å². The Kier molecular flexibility index (Phi) is 4.17. The fraction of sp³-hybridized carbons (Fsp3) is 0.143. The number of hydrogen-bond donors (Lipinski definition) is 1. The first-order valence-electron chi connectivity index (χ1n) is 8.33. The molecule has 1 N–H and O–H groups in total. The van der Waals surface area contributed by atoms with Gasteiger partial charge in [0.05, 0.1) is 7.11 Å². The molecule has 4 nitrogen and oxygen atoms in total. The smallest absolute Gasteiger partial charge is 0.137 e. The molecule has 1 aromatic carbocycles. The third kappa shape index (κ3) is 3.11. The predicted molar refractivity (Wildman–Crippen MR) is 99.7 cm³/mol. The SMILES string of the molecule is COc1ccccc1-c1c[nH]c2ncc(CCc3cccnc3)cc12. The van der Waals surface area contributed by atoms with E-state index in [0.717, 1.165) is 40.8 Å². The fourth-order valence-electron chi connectivity index (χ4n) is 3.11. The number of ether oxygens (including phenoxy) is 1. The van der Waals surface area contributed by atoms with E-state index in [2.05, 4.69) is 33.2 Å². The van der Waals surface area contributed by atoms with Crippen LogP contribution in [0.2, 0.25) is 0 Å². The Morgan fingerprint density at radius 1 is 0.960 bits per heavy atom. The number of fused-ring (bicyclic) bond motifs is 1. The molecule has 3 heterocycles. The van der Waals surface area contributed by atoms with Gasteiger partial charge in [-0.2, -0.15) is 0 Å². The second-order valence-electron chi connectivity index (χ2n) is 6.00. The maximum absolute atomic E-state index is 5.51. The highest BCUT2D eigenvalue weighted by atomic mass is 16.5. The van der Waals surface area contributed by atoms with E-state index < -0.39 is 0 Å². The largest absolute Gasteiger partial charge is 0.496 e. The standard InChI is InChI=1S/C21H19N3O/c1-25-20-7-3-2-6-17(20)19-14-24-21-18(19)11-16(13-23-21)9-8-15-5-4-10-22-12-15/h2-7,10-14H,8-9H2,1H3,(H,23,24). The van der Waals surface area contributed by atoms with Crippen molar-refractivity contribution in [3.8, 4) is 16.9 Å². The van der Waals surface area contributed by atoms with Gasteiger partial charge < -0.3 is 9.72 Å². The van der Waals surface area contributed by atoms with Crippen LogP contribution in [-0.2, 0) is 12.8 Å². The Morgan fingerprint density at radius 3 is 2.68 bits per heavy atom. The summed E-state index contributed by atoms with van der Waals surface area (Å²) in [5.41, 5.74) is 5.53. The van der Waals surface area contributed by atoms with E-state index in [1.807, 2.05) is 42.9 Å². The molecular weight excluding hydrogens is 310 g/mol. The summed E-state index contributed by atoms with van der Waals surface area (Å²) < 4.78 is 5.51. The zero-order valence-corrected chi connectivity index (χ0v) is 14.1. The van der Waals surface area contributed by atoms with E-state index in [4.69, 9.17) is 4.74 Å². The molecule has 0 aliphatic rings. The van der Waals surface area contributed by atoms with Gasteiger partial charge in [0.15, 0.2) is 0 Å². The predicted octanol–water partition coefficient (Wildman–Crippen LogP) is 4.42. The maximum atomic E-state index is 5.51. The van der Waals surface area contributed by atoms with Crippen molar-refractivity contribution in [2.45, 2.75) is 12.8 Å². The number of pyridine rings is 2. The van der Waals surface area contributed by atoms with Crippen LogP contribution in [0.5, 0.6) is 5.75 Å².